The topological polar surface area (TPSA) is 61.6 Å². The first-order valence-electron chi connectivity index (χ1n) is 6.90. The smallest absolute Gasteiger partial charge is 0.416 e. The lowest BCUT2D eigenvalue weighted by Crippen LogP contribution is -2.30. The van der Waals surface area contributed by atoms with E-state index in [0.717, 1.165) is 18.2 Å². The summed E-state index contributed by atoms with van der Waals surface area (Å²) in [5, 5.41) is 9.19. The summed E-state index contributed by atoms with van der Waals surface area (Å²) in [7, 11) is 0. The van der Waals surface area contributed by atoms with Crippen LogP contribution in [-0.2, 0) is 0 Å². The normalized spacial score (nSPS) is 20.5. The van der Waals surface area contributed by atoms with Crippen molar-refractivity contribution in [2.24, 2.45) is 0 Å². The molecule has 9 heteroatoms. The van der Waals surface area contributed by atoms with Gasteiger partial charge in [0, 0.05) is 18.6 Å². The van der Waals surface area contributed by atoms with Crippen molar-refractivity contribution in [3.05, 3.63) is 52.1 Å². The summed E-state index contributed by atoms with van der Waals surface area (Å²) in [6.07, 6.45) is -1.59. The Kier molecular flexibility index (Phi) is 5.08. The quantitative estimate of drug-likeness (QED) is 0.430. The van der Waals surface area contributed by atoms with E-state index in [0.29, 0.717) is 0 Å². The van der Waals surface area contributed by atoms with Gasteiger partial charge in [-0.25, -0.2) is 0 Å². The van der Waals surface area contributed by atoms with Gasteiger partial charge < -0.3 is 9.47 Å². The van der Waals surface area contributed by atoms with E-state index in [1.54, 1.807) is 6.92 Å². The van der Waals surface area contributed by atoms with Crippen LogP contribution in [0.2, 0.25) is 0 Å². The molecule has 1 aliphatic rings. The van der Waals surface area contributed by atoms with Gasteiger partial charge in [0.25, 0.3) is 0 Å². The van der Waals surface area contributed by atoms with E-state index in [9.17, 15) is 23.3 Å². The lowest BCUT2D eigenvalue weighted by molar-refractivity contribution is -0.385. The zero-order chi connectivity index (χ0) is 18.0. The number of allylic oxidation sites excluding steroid dienone is 2. The van der Waals surface area contributed by atoms with Gasteiger partial charge in [0.2, 0.25) is 10.8 Å². The predicted octanol–water partition coefficient (Wildman–Crippen LogP) is 4.76. The van der Waals surface area contributed by atoms with E-state index in [2.05, 4.69) is 0 Å². The number of alkyl halides is 4. The zero-order valence-corrected chi connectivity index (χ0v) is 13.2. The minimum atomic E-state index is -4.55. The summed E-state index contributed by atoms with van der Waals surface area (Å²) < 4.78 is 49.0. The highest BCUT2D eigenvalue weighted by Gasteiger charge is 2.39. The maximum Gasteiger partial charge on any atom is 0.416 e. The fraction of sp³-hybridized carbons (Fsp3) is 0.333. The first-order valence-corrected chi connectivity index (χ1v) is 7.28. The Hall–Kier alpha value is -2.22. The van der Waals surface area contributed by atoms with Crippen molar-refractivity contribution in [2.45, 2.75) is 24.6 Å². The van der Waals surface area contributed by atoms with Crippen LogP contribution in [0.15, 0.2) is 42.0 Å². The van der Waals surface area contributed by atoms with E-state index >= 15 is 0 Å². The molecule has 0 bridgehead atoms. The van der Waals surface area contributed by atoms with Crippen LogP contribution in [0, 0.1) is 10.1 Å². The molecule has 1 aromatic carbocycles. The highest BCUT2D eigenvalue weighted by atomic mass is 35.5. The van der Waals surface area contributed by atoms with Gasteiger partial charge in [0.1, 0.15) is 5.75 Å². The van der Waals surface area contributed by atoms with Crippen molar-refractivity contribution in [1.82, 2.24) is 0 Å². The summed E-state index contributed by atoms with van der Waals surface area (Å²) in [6.45, 7) is 1.82. The molecule has 1 unspecified atom stereocenters. The van der Waals surface area contributed by atoms with Crippen molar-refractivity contribution >= 4 is 17.3 Å². The molecule has 0 radical (unpaired) electrons. The second-order valence-corrected chi connectivity index (χ2v) is 5.55. The molecule has 2 rings (SSSR count). The van der Waals surface area contributed by atoms with Crippen molar-refractivity contribution < 1.29 is 27.6 Å². The fourth-order valence-corrected chi connectivity index (χ4v) is 2.40. The van der Waals surface area contributed by atoms with Crippen LogP contribution in [-0.4, -0.2) is 22.8 Å². The van der Waals surface area contributed by atoms with Crippen LogP contribution in [0.3, 0.4) is 0 Å². The van der Waals surface area contributed by atoms with Crippen LogP contribution in [0.1, 0.15) is 13.3 Å². The number of ether oxygens (including phenoxy) is 2. The average Bonchev–Trinajstić information content (AvgIpc) is 2.46. The monoisotopic (exact) mass is 363 g/mol. The van der Waals surface area contributed by atoms with Crippen LogP contribution in [0.4, 0.5) is 18.9 Å². The van der Waals surface area contributed by atoms with Crippen LogP contribution < -0.4 is 9.47 Å². The van der Waals surface area contributed by atoms with Crippen LogP contribution in [0.5, 0.6) is 11.5 Å². The SMILES string of the molecule is CCOc1cc(OC2(Cl)C=C(C(F)(F)F)C=CC2)ccc1[N+](=O)[O-]. The van der Waals surface area contributed by atoms with Crippen LogP contribution >= 0.6 is 11.6 Å². The molecule has 1 aromatic rings. The van der Waals surface area contributed by atoms with E-state index in [4.69, 9.17) is 21.1 Å². The molecule has 1 atom stereocenters. The molecule has 0 heterocycles. The van der Waals surface area contributed by atoms with Gasteiger partial charge in [-0.15, -0.1) is 0 Å². The first kappa shape index (κ1) is 18.1. The number of nitro groups is 1. The van der Waals surface area contributed by atoms with Crippen molar-refractivity contribution in [2.75, 3.05) is 6.61 Å². The largest absolute Gasteiger partial charge is 0.487 e. The Bertz CT molecular complexity index is 702. The Morgan fingerprint density at radius 3 is 2.71 bits per heavy atom. The maximum absolute atomic E-state index is 12.8. The molecule has 130 valence electrons. The Labute approximate surface area is 140 Å². The minimum absolute atomic E-state index is 0.00902. The number of nitrogens with zero attached hydrogens (tertiary/aromatic N) is 1. The number of halogens is 4. The summed E-state index contributed by atoms with van der Waals surface area (Å²) in [6, 6.07) is 3.63. The molecule has 0 fully saturated rings. The average molecular weight is 364 g/mol. The third-order valence-electron chi connectivity index (χ3n) is 3.11. The minimum Gasteiger partial charge on any atom is -0.487 e. The molecule has 1 aliphatic carbocycles. The molecule has 0 saturated heterocycles. The summed E-state index contributed by atoms with van der Waals surface area (Å²) in [5.41, 5.74) is -1.20. The maximum atomic E-state index is 12.8. The molecule has 0 aliphatic heterocycles. The summed E-state index contributed by atoms with van der Waals surface area (Å²) >= 11 is 6.12. The number of rotatable bonds is 5. The highest BCUT2D eigenvalue weighted by molar-refractivity contribution is 6.24. The van der Waals surface area contributed by atoms with Gasteiger partial charge in [-0.3, -0.25) is 10.1 Å². The predicted molar refractivity (Wildman–Crippen MR) is 81.4 cm³/mol. The number of hydrogen-bond acceptors (Lipinski definition) is 4. The second kappa shape index (κ2) is 6.72. The van der Waals surface area contributed by atoms with E-state index in [1.165, 1.54) is 18.2 Å². The molecule has 0 amide bonds. The first-order chi connectivity index (χ1) is 11.1. The second-order valence-electron chi connectivity index (χ2n) is 4.91. The summed E-state index contributed by atoms with van der Waals surface area (Å²) in [4.78, 5) is 10.3. The third-order valence-corrected chi connectivity index (χ3v) is 3.45. The third kappa shape index (κ3) is 4.19. The van der Waals surface area contributed by atoms with Crippen LogP contribution in [0.25, 0.3) is 0 Å². The molecule has 24 heavy (non-hydrogen) atoms. The van der Waals surface area contributed by atoms with Gasteiger partial charge in [-0.2, -0.15) is 13.2 Å². The Balaban J connectivity index is 2.30. The van der Waals surface area contributed by atoms with E-state index in [-0.39, 0.29) is 30.2 Å². The molecule has 0 spiro atoms. The molecule has 0 saturated carbocycles. The fourth-order valence-electron chi connectivity index (χ4n) is 2.11. The van der Waals surface area contributed by atoms with E-state index < -0.39 is 21.7 Å². The number of nitro benzene ring substituents is 1. The lowest BCUT2D eigenvalue weighted by Gasteiger charge is -2.28. The summed E-state index contributed by atoms with van der Waals surface area (Å²) in [5.74, 6) is 0.0127. The Morgan fingerprint density at radius 1 is 1.42 bits per heavy atom. The van der Waals surface area contributed by atoms with Crippen molar-refractivity contribution in [3.8, 4) is 11.5 Å². The van der Waals surface area contributed by atoms with Crippen molar-refractivity contribution in [1.29, 1.82) is 0 Å². The van der Waals surface area contributed by atoms with Gasteiger partial charge in [-0.1, -0.05) is 23.8 Å². The van der Waals surface area contributed by atoms with Gasteiger partial charge in [0.15, 0.2) is 0 Å². The molecule has 0 N–H and O–H groups in total. The van der Waals surface area contributed by atoms with Gasteiger partial charge >= 0.3 is 11.9 Å². The van der Waals surface area contributed by atoms with E-state index in [1.807, 2.05) is 0 Å². The molecular weight excluding hydrogens is 351 g/mol. The molecule has 0 aromatic heterocycles. The van der Waals surface area contributed by atoms with Gasteiger partial charge in [-0.05, 0) is 19.1 Å². The lowest BCUT2D eigenvalue weighted by atomic mass is 10.0. The number of benzene rings is 1. The Morgan fingerprint density at radius 2 is 2.12 bits per heavy atom. The standard InChI is InChI=1S/C15H13ClF3NO4/c1-2-23-13-8-11(5-6-12(13)20(21)22)24-14(16)7-3-4-10(9-14)15(17,18)19/h3-6,8-9H,2,7H2,1H3. The van der Waals surface area contributed by atoms with Crippen molar-refractivity contribution in [3.63, 3.8) is 0 Å². The number of hydrogen-bond donors (Lipinski definition) is 0. The highest BCUT2D eigenvalue weighted by Crippen LogP contribution is 2.39. The molecule has 5 nitrogen and oxygen atoms in total. The van der Waals surface area contributed by atoms with Gasteiger partial charge in [0.05, 0.1) is 17.1 Å². The molecular formula is C15H13ClF3NO4. The zero-order valence-electron chi connectivity index (χ0n) is 12.5.